The summed E-state index contributed by atoms with van der Waals surface area (Å²) in [5, 5.41) is 12.7. The molecule has 0 aliphatic heterocycles. The average Bonchev–Trinajstić information content (AvgIpc) is 2.78. The van der Waals surface area contributed by atoms with Crippen LogP contribution >= 0.6 is 0 Å². The first-order chi connectivity index (χ1) is 8.08. The predicted molar refractivity (Wildman–Crippen MR) is 56.8 cm³/mol. The number of carbonyl (C=O) groups excluding carboxylic acids is 1. The van der Waals surface area contributed by atoms with Crippen molar-refractivity contribution in [2.45, 2.75) is 0 Å². The quantitative estimate of drug-likeness (QED) is 0.777. The van der Waals surface area contributed by atoms with Gasteiger partial charge in [0.25, 0.3) is 5.91 Å². The molecule has 2 heterocycles. The Balaban J connectivity index is 2.42. The highest BCUT2D eigenvalue weighted by molar-refractivity contribution is 5.92. The van der Waals surface area contributed by atoms with Crippen molar-refractivity contribution in [3.8, 4) is 5.69 Å². The molecule has 3 N–H and O–H groups in total. The van der Waals surface area contributed by atoms with Gasteiger partial charge >= 0.3 is 5.97 Å². The third-order valence-electron chi connectivity index (χ3n) is 2.10. The molecule has 0 spiro atoms. The standard InChI is InChI=1S/C10H8N4O3/c11-9(15)7-3-13-14(5-7)8-1-6(10(16)17)2-12-4-8/h1-5H,(H2,11,15)(H,16,17). The first-order valence-electron chi connectivity index (χ1n) is 4.61. The molecule has 0 bridgehead atoms. The number of hydrogen-bond donors (Lipinski definition) is 2. The van der Waals surface area contributed by atoms with Gasteiger partial charge in [0.2, 0.25) is 0 Å². The zero-order valence-electron chi connectivity index (χ0n) is 8.57. The Labute approximate surface area is 95.5 Å². The number of carboxylic acid groups (broad SMARTS) is 1. The van der Waals surface area contributed by atoms with Crippen molar-refractivity contribution in [2.75, 3.05) is 0 Å². The van der Waals surface area contributed by atoms with Crippen LogP contribution in [-0.4, -0.2) is 31.7 Å². The summed E-state index contributed by atoms with van der Waals surface area (Å²) >= 11 is 0. The number of hydrogen-bond acceptors (Lipinski definition) is 4. The van der Waals surface area contributed by atoms with Crippen LogP contribution in [0.25, 0.3) is 5.69 Å². The summed E-state index contributed by atoms with van der Waals surface area (Å²) in [5.74, 6) is -1.68. The number of primary amides is 1. The van der Waals surface area contributed by atoms with Crippen LogP contribution in [0.3, 0.4) is 0 Å². The van der Waals surface area contributed by atoms with Gasteiger partial charge in [-0.3, -0.25) is 9.78 Å². The van der Waals surface area contributed by atoms with Crippen molar-refractivity contribution in [2.24, 2.45) is 5.73 Å². The fraction of sp³-hybridized carbons (Fsp3) is 0. The summed E-state index contributed by atoms with van der Waals surface area (Å²) < 4.78 is 1.33. The molecule has 2 aromatic heterocycles. The molecule has 0 aromatic carbocycles. The maximum absolute atomic E-state index is 10.9. The Morgan fingerprint density at radius 3 is 2.59 bits per heavy atom. The number of pyridine rings is 1. The molecule has 0 atom stereocenters. The van der Waals surface area contributed by atoms with E-state index in [2.05, 4.69) is 10.1 Å². The number of rotatable bonds is 3. The fourth-order valence-electron chi connectivity index (χ4n) is 1.26. The van der Waals surface area contributed by atoms with E-state index in [-0.39, 0.29) is 11.1 Å². The van der Waals surface area contributed by atoms with Gasteiger partial charge in [-0.05, 0) is 6.07 Å². The highest BCUT2D eigenvalue weighted by Gasteiger charge is 2.08. The Hall–Kier alpha value is -2.70. The lowest BCUT2D eigenvalue weighted by molar-refractivity contribution is 0.0696. The smallest absolute Gasteiger partial charge is 0.337 e. The molecule has 0 saturated carbocycles. The van der Waals surface area contributed by atoms with Crippen molar-refractivity contribution < 1.29 is 14.7 Å². The molecule has 2 aromatic rings. The van der Waals surface area contributed by atoms with Crippen LogP contribution in [0.4, 0.5) is 0 Å². The Morgan fingerprint density at radius 2 is 2.00 bits per heavy atom. The molecule has 7 heteroatoms. The van der Waals surface area contributed by atoms with Crippen LogP contribution in [0, 0.1) is 0 Å². The third-order valence-corrected chi connectivity index (χ3v) is 2.10. The van der Waals surface area contributed by atoms with Crippen molar-refractivity contribution in [3.05, 3.63) is 42.0 Å². The summed E-state index contributed by atoms with van der Waals surface area (Å²) in [6.45, 7) is 0. The van der Waals surface area contributed by atoms with Gasteiger partial charge in [-0.1, -0.05) is 0 Å². The summed E-state index contributed by atoms with van der Waals surface area (Å²) in [5.41, 5.74) is 5.81. The summed E-state index contributed by atoms with van der Waals surface area (Å²) in [6.07, 6.45) is 5.37. The minimum atomic E-state index is -1.08. The second-order valence-electron chi connectivity index (χ2n) is 3.27. The van der Waals surface area contributed by atoms with E-state index in [1.807, 2.05) is 0 Å². The van der Waals surface area contributed by atoms with Crippen LogP contribution in [0.2, 0.25) is 0 Å². The van der Waals surface area contributed by atoms with Crippen LogP contribution in [0.5, 0.6) is 0 Å². The molecule has 0 saturated heterocycles. The molecule has 0 aliphatic carbocycles. The molecule has 0 radical (unpaired) electrons. The van der Waals surface area contributed by atoms with Gasteiger partial charge in [0, 0.05) is 12.4 Å². The number of carbonyl (C=O) groups is 2. The number of aromatic carboxylic acids is 1. The van der Waals surface area contributed by atoms with Crippen LogP contribution in [-0.2, 0) is 0 Å². The van der Waals surface area contributed by atoms with Crippen molar-refractivity contribution in [1.29, 1.82) is 0 Å². The van der Waals surface area contributed by atoms with Crippen LogP contribution < -0.4 is 5.73 Å². The van der Waals surface area contributed by atoms with Crippen molar-refractivity contribution >= 4 is 11.9 Å². The van der Waals surface area contributed by atoms with E-state index < -0.39 is 11.9 Å². The lowest BCUT2D eigenvalue weighted by atomic mass is 10.2. The molecule has 0 fully saturated rings. The van der Waals surface area contributed by atoms with Gasteiger partial charge in [-0.2, -0.15) is 5.10 Å². The van der Waals surface area contributed by atoms with Gasteiger partial charge in [-0.15, -0.1) is 0 Å². The van der Waals surface area contributed by atoms with Gasteiger partial charge in [0.05, 0.1) is 29.2 Å². The van der Waals surface area contributed by atoms with E-state index in [1.54, 1.807) is 0 Å². The van der Waals surface area contributed by atoms with Crippen molar-refractivity contribution in [1.82, 2.24) is 14.8 Å². The van der Waals surface area contributed by atoms with Gasteiger partial charge in [0.1, 0.15) is 0 Å². The number of carboxylic acids is 1. The SMILES string of the molecule is NC(=O)c1cnn(-c2cncc(C(=O)O)c2)c1. The highest BCUT2D eigenvalue weighted by Crippen LogP contribution is 2.09. The topological polar surface area (TPSA) is 111 Å². The van der Waals surface area contributed by atoms with E-state index in [9.17, 15) is 9.59 Å². The predicted octanol–water partition coefficient (Wildman–Crippen LogP) is 0.0644. The number of nitrogens with two attached hydrogens (primary N) is 1. The van der Waals surface area contributed by atoms with Crippen LogP contribution in [0.1, 0.15) is 20.7 Å². The molecule has 0 unspecified atom stereocenters. The molecule has 0 aliphatic rings. The molecule has 1 amide bonds. The fourth-order valence-corrected chi connectivity index (χ4v) is 1.26. The number of aromatic nitrogens is 3. The van der Waals surface area contributed by atoms with E-state index in [1.165, 1.54) is 35.5 Å². The normalized spacial score (nSPS) is 10.1. The lowest BCUT2D eigenvalue weighted by Crippen LogP contribution is -2.09. The number of amides is 1. The first-order valence-corrected chi connectivity index (χ1v) is 4.61. The Kier molecular flexibility index (Phi) is 2.57. The van der Waals surface area contributed by atoms with Gasteiger partial charge < -0.3 is 10.8 Å². The molecule has 86 valence electrons. The Morgan fingerprint density at radius 1 is 1.24 bits per heavy atom. The van der Waals surface area contributed by atoms with Gasteiger partial charge in [0.15, 0.2) is 0 Å². The molecular formula is C10H8N4O3. The summed E-state index contributed by atoms with van der Waals surface area (Å²) in [6, 6.07) is 1.40. The van der Waals surface area contributed by atoms with E-state index in [0.717, 1.165) is 0 Å². The minimum Gasteiger partial charge on any atom is -0.478 e. The van der Waals surface area contributed by atoms with Gasteiger partial charge in [-0.25, -0.2) is 9.48 Å². The minimum absolute atomic E-state index is 0.0404. The number of nitrogens with zero attached hydrogens (tertiary/aromatic N) is 3. The zero-order valence-corrected chi connectivity index (χ0v) is 8.57. The molecule has 2 rings (SSSR count). The van der Waals surface area contributed by atoms with Crippen molar-refractivity contribution in [3.63, 3.8) is 0 Å². The Bertz CT molecular complexity index is 591. The highest BCUT2D eigenvalue weighted by atomic mass is 16.4. The van der Waals surface area contributed by atoms with E-state index >= 15 is 0 Å². The molecular weight excluding hydrogens is 224 g/mol. The second-order valence-corrected chi connectivity index (χ2v) is 3.27. The average molecular weight is 232 g/mol. The monoisotopic (exact) mass is 232 g/mol. The summed E-state index contributed by atoms with van der Waals surface area (Å²) in [7, 11) is 0. The summed E-state index contributed by atoms with van der Waals surface area (Å²) in [4.78, 5) is 25.4. The molecule has 7 nitrogen and oxygen atoms in total. The maximum Gasteiger partial charge on any atom is 0.337 e. The third kappa shape index (κ3) is 2.12. The first kappa shape index (κ1) is 10.8. The zero-order chi connectivity index (χ0) is 12.4. The largest absolute Gasteiger partial charge is 0.478 e. The maximum atomic E-state index is 10.9. The second kappa shape index (κ2) is 4.05. The molecule has 17 heavy (non-hydrogen) atoms. The lowest BCUT2D eigenvalue weighted by Gasteiger charge is -2.01. The van der Waals surface area contributed by atoms with E-state index in [4.69, 9.17) is 10.8 Å². The van der Waals surface area contributed by atoms with E-state index in [0.29, 0.717) is 5.69 Å². The van der Waals surface area contributed by atoms with Crippen LogP contribution in [0.15, 0.2) is 30.9 Å².